The number of rotatable bonds is 7. The molecule has 4 aromatic carbocycles. The number of aromatic nitrogens is 2. The summed E-state index contributed by atoms with van der Waals surface area (Å²) in [6.07, 6.45) is 0. The van der Waals surface area contributed by atoms with E-state index in [-0.39, 0.29) is 0 Å². The summed E-state index contributed by atoms with van der Waals surface area (Å²) >= 11 is 0. The van der Waals surface area contributed by atoms with Crippen LogP contribution in [0.1, 0.15) is 27.7 Å². The minimum atomic E-state index is -0.976. The maximum atomic E-state index is 10.3. The van der Waals surface area contributed by atoms with E-state index in [1.165, 1.54) is 5.56 Å². The van der Waals surface area contributed by atoms with Gasteiger partial charge in [-0.15, -0.1) is 0 Å². The van der Waals surface area contributed by atoms with E-state index in [0.29, 0.717) is 5.82 Å². The van der Waals surface area contributed by atoms with Gasteiger partial charge in [-0.1, -0.05) is 96.5 Å². The quantitative estimate of drug-likeness (QED) is 0.270. The van der Waals surface area contributed by atoms with Gasteiger partial charge in [0.15, 0.2) is 5.82 Å². The van der Waals surface area contributed by atoms with Gasteiger partial charge in [0.2, 0.25) is 0 Å². The van der Waals surface area contributed by atoms with Crippen molar-refractivity contribution in [1.82, 2.24) is 9.97 Å². The van der Waals surface area contributed by atoms with Crippen LogP contribution in [-0.2, 0) is 4.65 Å². The average Bonchev–Trinajstić information content (AvgIpc) is 2.91. The van der Waals surface area contributed by atoms with Crippen LogP contribution in [0.4, 0.5) is 0 Å². The number of para-hydroxylation sites is 1. The third-order valence-electron chi connectivity index (χ3n) is 6.98. The molecule has 1 aromatic heterocycles. The monoisotopic (exact) mass is 485 g/mol. The number of fused-ring (bicyclic) bond motifs is 1. The molecule has 4 nitrogen and oxygen atoms in total. The molecule has 0 aliphatic heterocycles. The maximum absolute atomic E-state index is 10.3. The molecule has 1 N–H and O–H groups in total. The van der Waals surface area contributed by atoms with Crippen LogP contribution < -0.4 is 5.46 Å². The molecule has 0 aliphatic carbocycles. The van der Waals surface area contributed by atoms with Gasteiger partial charge < -0.3 is 9.76 Å². The molecular formula is C32H30BN2O2. The standard InChI is InChI=1S/C32H30BN2O2/c1-31(2,36)32(3,4)37-33-26-19-17-23(18-20-26)30-34-28-16-9-8-15-27(28)29(35-30)25-14-10-13-24(21-25)22-11-6-5-7-12-22/h5-21,36H,1-4H3. The zero-order chi connectivity index (χ0) is 26.0. The fraction of sp³-hybridized carbons (Fsp3) is 0.188. The smallest absolute Gasteiger partial charge is 0.330 e. The molecule has 0 fully saturated rings. The molecule has 1 heterocycles. The predicted octanol–water partition coefficient (Wildman–Crippen LogP) is 6.44. The Hall–Kier alpha value is -3.80. The lowest BCUT2D eigenvalue weighted by molar-refractivity contribution is -0.0893. The number of aliphatic hydroxyl groups is 1. The van der Waals surface area contributed by atoms with Gasteiger partial charge in [0.25, 0.3) is 0 Å². The van der Waals surface area contributed by atoms with E-state index >= 15 is 0 Å². The second-order valence-electron chi connectivity index (χ2n) is 10.3. The average molecular weight is 485 g/mol. The first-order valence-electron chi connectivity index (χ1n) is 12.5. The Morgan fingerprint density at radius 2 is 1.30 bits per heavy atom. The van der Waals surface area contributed by atoms with Crippen molar-refractivity contribution in [2.24, 2.45) is 0 Å². The van der Waals surface area contributed by atoms with Gasteiger partial charge >= 0.3 is 7.48 Å². The highest BCUT2D eigenvalue weighted by Gasteiger charge is 2.35. The van der Waals surface area contributed by atoms with E-state index in [2.05, 4.69) is 54.6 Å². The molecule has 0 spiro atoms. The maximum Gasteiger partial charge on any atom is 0.330 e. The first-order valence-corrected chi connectivity index (χ1v) is 12.5. The highest BCUT2D eigenvalue weighted by atomic mass is 16.5. The summed E-state index contributed by atoms with van der Waals surface area (Å²) in [6, 6.07) is 34.9. The van der Waals surface area contributed by atoms with Crippen LogP contribution in [0.5, 0.6) is 0 Å². The van der Waals surface area contributed by atoms with Crippen LogP contribution in [0.25, 0.3) is 44.7 Å². The van der Waals surface area contributed by atoms with E-state index in [4.69, 9.17) is 14.6 Å². The largest absolute Gasteiger partial charge is 0.427 e. The van der Waals surface area contributed by atoms with Crippen LogP contribution in [-0.4, -0.2) is 33.8 Å². The Morgan fingerprint density at radius 3 is 2.03 bits per heavy atom. The molecular weight excluding hydrogens is 455 g/mol. The second kappa shape index (κ2) is 9.93. The van der Waals surface area contributed by atoms with Crippen LogP contribution in [0.3, 0.4) is 0 Å². The van der Waals surface area contributed by atoms with Crippen molar-refractivity contribution in [3.8, 4) is 33.8 Å². The van der Waals surface area contributed by atoms with Crippen LogP contribution in [0, 0.1) is 0 Å². The van der Waals surface area contributed by atoms with Crippen molar-refractivity contribution in [2.75, 3.05) is 0 Å². The van der Waals surface area contributed by atoms with Crippen LogP contribution >= 0.6 is 0 Å². The highest BCUT2D eigenvalue weighted by Crippen LogP contribution is 2.31. The molecule has 0 saturated heterocycles. The Bertz CT molecular complexity index is 1520. The molecule has 5 heteroatoms. The molecule has 0 unspecified atom stereocenters. The van der Waals surface area contributed by atoms with Crippen molar-refractivity contribution < 1.29 is 9.76 Å². The van der Waals surface area contributed by atoms with E-state index in [9.17, 15) is 5.11 Å². The zero-order valence-electron chi connectivity index (χ0n) is 21.6. The molecule has 37 heavy (non-hydrogen) atoms. The summed E-state index contributed by atoms with van der Waals surface area (Å²) < 4.78 is 5.90. The fourth-order valence-electron chi connectivity index (χ4n) is 3.97. The van der Waals surface area contributed by atoms with E-state index in [1.807, 2.05) is 62.4 Å². The lowest BCUT2D eigenvalue weighted by Crippen LogP contribution is -2.49. The number of nitrogens with zero attached hydrogens (tertiary/aromatic N) is 2. The SMILES string of the molecule is CC(C)(O)C(C)(C)O[B]c1ccc(-c2nc(-c3cccc(-c4ccccc4)c3)c3ccccc3n2)cc1. The minimum absolute atomic E-state index is 0.670. The summed E-state index contributed by atoms with van der Waals surface area (Å²) in [5.41, 5.74) is 5.30. The fourth-order valence-corrected chi connectivity index (χ4v) is 3.97. The van der Waals surface area contributed by atoms with E-state index in [1.54, 1.807) is 21.3 Å². The lowest BCUT2D eigenvalue weighted by Gasteiger charge is -2.37. The van der Waals surface area contributed by atoms with Crippen LogP contribution in [0.15, 0.2) is 103 Å². The topological polar surface area (TPSA) is 55.2 Å². The van der Waals surface area contributed by atoms with Crippen LogP contribution in [0.2, 0.25) is 0 Å². The molecule has 0 amide bonds. The number of benzene rings is 4. The lowest BCUT2D eigenvalue weighted by atomic mass is 9.82. The Balaban J connectivity index is 1.49. The second-order valence-corrected chi connectivity index (χ2v) is 10.3. The summed E-state index contributed by atoms with van der Waals surface area (Å²) in [7, 11) is 1.68. The first-order chi connectivity index (χ1) is 17.7. The van der Waals surface area contributed by atoms with E-state index < -0.39 is 11.2 Å². The van der Waals surface area contributed by atoms with E-state index in [0.717, 1.165) is 38.8 Å². The first kappa shape index (κ1) is 24.9. The van der Waals surface area contributed by atoms with Gasteiger partial charge in [0.05, 0.1) is 22.4 Å². The van der Waals surface area contributed by atoms with Gasteiger partial charge in [0, 0.05) is 16.5 Å². The minimum Gasteiger partial charge on any atom is -0.427 e. The van der Waals surface area contributed by atoms with Crippen molar-refractivity contribution >= 4 is 23.8 Å². The summed E-state index contributed by atoms with van der Waals surface area (Å²) in [5, 5.41) is 11.4. The number of hydrogen-bond donors (Lipinski definition) is 1. The predicted molar refractivity (Wildman–Crippen MR) is 153 cm³/mol. The highest BCUT2D eigenvalue weighted by molar-refractivity contribution is 6.47. The van der Waals surface area contributed by atoms with Crippen molar-refractivity contribution in [2.45, 2.75) is 38.9 Å². The van der Waals surface area contributed by atoms with Gasteiger partial charge in [0.1, 0.15) is 0 Å². The molecule has 0 saturated carbocycles. The van der Waals surface area contributed by atoms with Crippen molar-refractivity contribution in [3.63, 3.8) is 0 Å². The summed E-state index contributed by atoms with van der Waals surface area (Å²) in [4.78, 5) is 9.91. The zero-order valence-corrected chi connectivity index (χ0v) is 21.6. The summed E-state index contributed by atoms with van der Waals surface area (Å²) in [5.74, 6) is 0.670. The van der Waals surface area contributed by atoms with Gasteiger partial charge in [-0.25, -0.2) is 9.97 Å². The number of hydrogen-bond acceptors (Lipinski definition) is 4. The summed E-state index contributed by atoms with van der Waals surface area (Å²) in [6.45, 7) is 7.23. The normalized spacial score (nSPS) is 12.0. The molecule has 0 atom stereocenters. The molecule has 5 aromatic rings. The third kappa shape index (κ3) is 5.34. The molecule has 5 rings (SSSR count). The molecule has 0 bridgehead atoms. The molecule has 183 valence electrons. The van der Waals surface area contributed by atoms with Gasteiger partial charge in [-0.05, 0) is 51.0 Å². The Kier molecular flexibility index (Phi) is 6.68. The third-order valence-corrected chi connectivity index (χ3v) is 6.98. The van der Waals surface area contributed by atoms with Gasteiger partial charge in [-0.2, -0.15) is 0 Å². The molecule has 1 radical (unpaired) electrons. The molecule has 0 aliphatic rings. The van der Waals surface area contributed by atoms with Crippen molar-refractivity contribution in [1.29, 1.82) is 0 Å². The Labute approximate surface area is 219 Å². The Morgan fingerprint density at radius 1 is 0.649 bits per heavy atom. The van der Waals surface area contributed by atoms with Gasteiger partial charge in [-0.3, -0.25) is 0 Å². The van der Waals surface area contributed by atoms with Crippen molar-refractivity contribution in [3.05, 3.63) is 103 Å².